The molecule has 3 aromatic rings. The molecule has 0 amide bonds. The van der Waals surface area contributed by atoms with Gasteiger partial charge in [0.15, 0.2) is 5.82 Å². The van der Waals surface area contributed by atoms with Crippen molar-refractivity contribution in [1.82, 2.24) is 19.6 Å². The number of esters is 1. The molecule has 2 heterocycles. The molecule has 0 radical (unpaired) electrons. The summed E-state index contributed by atoms with van der Waals surface area (Å²) in [6, 6.07) is 7.19. The smallest absolute Gasteiger partial charge is 0.341 e. The van der Waals surface area contributed by atoms with Gasteiger partial charge in [-0.3, -0.25) is 0 Å². The number of nitrogens with zero attached hydrogens (tertiary/aromatic N) is 4. The number of carbonyl (C=O) groups excluding carboxylic acids is 1. The van der Waals surface area contributed by atoms with E-state index in [0.717, 1.165) is 5.56 Å². The highest BCUT2D eigenvalue weighted by molar-refractivity contribution is 6.30. The van der Waals surface area contributed by atoms with Gasteiger partial charge in [0.1, 0.15) is 0 Å². The van der Waals surface area contributed by atoms with E-state index in [4.69, 9.17) is 16.3 Å². The number of methoxy groups -OCH3 is 1. The normalized spacial score (nSPS) is 10.8. The fourth-order valence-electron chi connectivity index (χ4n) is 1.97. The molecule has 106 valence electrons. The second-order valence-electron chi connectivity index (χ2n) is 4.40. The number of aromatic nitrogens is 4. The van der Waals surface area contributed by atoms with E-state index in [9.17, 15) is 4.79 Å². The van der Waals surface area contributed by atoms with Gasteiger partial charge in [-0.15, -0.1) is 5.10 Å². The van der Waals surface area contributed by atoms with Crippen LogP contribution in [0.5, 0.6) is 0 Å². The molecule has 1 aromatic carbocycles. The molecule has 2 aromatic heterocycles. The minimum Gasteiger partial charge on any atom is -0.465 e. The fourth-order valence-corrected chi connectivity index (χ4v) is 2.10. The summed E-state index contributed by atoms with van der Waals surface area (Å²) in [6.07, 6.45) is 1.44. The van der Waals surface area contributed by atoms with Gasteiger partial charge in [0, 0.05) is 16.8 Å². The van der Waals surface area contributed by atoms with Crippen molar-refractivity contribution in [2.24, 2.45) is 0 Å². The first kappa shape index (κ1) is 13.5. The number of aryl methyl sites for hydroxylation is 1. The Balaban J connectivity index is 2.14. The molecule has 0 aliphatic rings. The molecule has 0 spiro atoms. The maximum Gasteiger partial charge on any atom is 0.341 e. The van der Waals surface area contributed by atoms with Gasteiger partial charge in [-0.1, -0.05) is 11.6 Å². The first-order valence-corrected chi connectivity index (χ1v) is 6.54. The second-order valence-corrected chi connectivity index (χ2v) is 4.84. The highest BCUT2D eigenvalue weighted by atomic mass is 35.5. The summed E-state index contributed by atoms with van der Waals surface area (Å²) < 4.78 is 6.24. The lowest BCUT2D eigenvalue weighted by Crippen LogP contribution is -2.09. The summed E-state index contributed by atoms with van der Waals surface area (Å²) in [5, 5.41) is 5.03. The monoisotopic (exact) mass is 302 g/mol. The molecule has 0 saturated carbocycles. The van der Waals surface area contributed by atoms with Crippen LogP contribution in [0.1, 0.15) is 16.1 Å². The molecular formula is C14H11ClN4O2. The molecule has 0 aliphatic heterocycles. The Morgan fingerprint density at radius 2 is 2.00 bits per heavy atom. The SMILES string of the molecule is COC(=O)c1cnc2nc(-c3ccc(Cl)cc3)nn2c1C. The Morgan fingerprint density at radius 1 is 1.29 bits per heavy atom. The zero-order valence-electron chi connectivity index (χ0n) is 11.4. The Hall–Kier alpha value is -2.47. The standard InChI is InChI=1S/C14H11ClN4O2/c1-8-11(13(20)21-2)7-16-14-17-12(18-19(8)14)9-3-5-10(15)6-4-9/h3-7H,1-2H3. The van der Waals surface area contributed by atoms with E-state index in [-0.39, 0.29) is 0 Å². The zero-order chi connectivity index (χ0) is 15.0. The molecule has 0 atom stereocenters. The Bertz CT molecular complexity index is 827. The van der Waals surface area contributed by atoms with Crippen LogP contribution in [0.4, 0.5) is 0 Å². The number of halogens is 1. The van der Waals surface area contributed by atoms with Crippen molar-refractivity contribution < 1.29 is 9.53 Å². The summed E-state index contributed by atoms with van der Waals surface area (Å²) in [5.41, 5.74) is 1.81. The Labute approximate surface area is 125 Å². The van der Waals surface area contributed by atoms with E-state index < -0.39 is 5.97 Å². The summed E-state index contributed by atoms with van der Waals surface area (Å²) in [6.45, 7) is 1.77. The third-order valence-corrected chi connectivity index (χ3v) is 3.37. The molecule has 0 unspecified atom stereocenters. The van der Waals surface area contributed by atoms with Crippen LogP contribution in [0.15, 0.2) is 30.5 Å². The highest BCUT2D eigenvalue weighted by Gasteiger charge is 2.16. The predicted octanol–water partition coefficient (Wildman–Crippen LogP) is 2.54. The predicted molar refractivity (Wildman–Crippen MR) is 77.3 cm³/mol. The first-order valence-electron chi connectivity index (χ1n) is 6.17. The van der Waals surface area contributed by atoms with Crippen molar-refractivity contribution in [3.05, 3.63) is 46.7 Å². The molecule has 0 bridgehead atoms. The number of fused-ring (bicyclic) bond motifs is 1. The number of hydrogen-bond acceptors (Lipinski definition) is 5. The van der Waals surface area contributed by atoms with Gasteiger partial charge >= 0.3 is 5.97 Å². The quantitative estimate of drug-likeness (QED) is 0.680. The van der Waals surface area contributed by atoms with Crippen LogP contribution in [0.25, 0.3) is 17.2 Å². The van der Waals surface area contributed by atoms with Crippen LogP contribution in [-0.2, 0) is 4.74 Å². The summed E-state index contributed by atoms with van der Waals surface area (Å²) in [5.74, 6) is 0.486. The number of ether oxygens (including phenoxy) is 1. The second kappa shape index (κ2) is 5.14. The van der Waals surface area contributed by atoms with Crippen LogP contribution in [0.3, 0.4) is 0 Å². The average molecular weight is 303 g/mol. The van der Waals surface area contributed by atoms with Crippen molar-refractivity contribution in [2.75, 3.05) is 7.11 Å². The lowest BCUT2D eigenvalue weighted by molar-refractivity contribution is 0.0598. The zero-order valence-corrected chi connectivity index (χ0v) is 12.1. The average Bonchev–Trinajstić information content (AvgIpc) is 2.92. The molecular weight excluding hydrogens is 292 g/mol. The molecule has 0 fully saturated rings. The van der Waals surface area contributed by atoms with Gasteiger partial charge < -0.3 is 4.74 Å². The van der Waals surface area contributed by atoms with Crippen molar-refractivity contribution in [2.45, 2.75) is 6.92 Å². The van der Waals surface area contributed by atoms with Gasteiger partial charge in [-0.25, -0.2) is 14.3 Å². The number of rotatable bonds is 2. The molecule has 3 rings (SSSR count). The molecule has 7 heteroatoms. The van der Waals surface area contributed by atoms with Crippen LogP contribution < -0.4 is 0 Å². The summed E-state index contributed by atoms with van der Waals surface area (Å²) >= 11 is 5.86. The first-order chi connectivity index (χ1) is 10.1. The molecule has 21 heavy (non-hydrogen) atoms. The van der Waals surface area contributed by atoms with Crippen LogP contribution in [0.2, 0.25) is 5.02 Å². The van der Waals surface area contributed by atoms with E-state index in [1.807, 2.05) is 12.1 Å². The van der Waals surface area contributed by atoms with Crippen molar-refractivity contribution in [3.8, 4) is 11.4 Å². The Morgan fingerprint density at radius 3 is 2.67 bits per heavy atom. The number of hydrogen-bond donors (Lipinski definition) is 0. The van der Waals surface area contributed by atoms with Crippen molar-refractivity contribution in [3.63, 3.8) is 0 Å². The third kappa shape index (κ3) is 2.34. The van der Waals surface area contributed by atoms with Gasteiger partial charge in [0.25, 0.3) is 5.78 Å². The third-order valence-electron chi connectivity index (χ3n) is 3.11. The van der Waals surface area contributed by atoms with E-state index in [0.29, 0.717) is 27.9 Å². The van der Waals surface area contributed by atoms with E-state index in [1.165, 1.54) is 17.8 Å². The number of carbonyl (C=O) groups is 1. The molecule has 0 N–H and O–H groups in total. The fraction of sp³-hybridized carbons (Fsp3) is 0.143. The van der Waals surface area contributed by atoms with Crippen LogP contribution in [-0.4, -0.2) is 32.7 Å². The minimum atomic E-state index is -0.453. The van der Waals surface area contributed by atoms with Crippen LogP contribution in [0, 0.1) is 6.92 Å². The van der Waals surface area contributed by atoms with Gasteiger partial charge in [0.2, 0.25) is 0 Å². The maximum atomic E-state index is 11.7. The Kier molecular flexibility index (Phi) is 3.31. The van der Waals surface area contributed by atoms with Crippen molar-refractivity contribution in [1.29, 1.82) is 0 Å². The summed E-state index contributed by atoms with van der Waals surface area (Å²) in [7, 11) is 1.33. The molecule has 0 saturated heterocycles. The van der Waals surface area contributed by atoms with E-state index >= 15 is 0 Å². The lowest BCUT2D eigenvalue weighted by Gasteiger charge is -2.03. The summed E-state index contributed by atoms with van der Waals surface area (Å²) in [4.78, 5) is 20.1. The maximum absolute atomic E-state index is 11.7. The van der Waals surface area contributed by atoms with E-state index in [2.05, 4.69) is 15.1 Å². The topological polar surface area (TPSA) is 69.4 Å². The van der Waals surface area contributed by atoms with Gasteiger partial charge in [0.05, 0.1) is 18.4 Å². The van der Waals surface area contributed by atoms with Gasteiger partial charge in [-0.05, 0) is 31.2 Å². The lowest BCUT2D eigenvalue weighted by atomic mass is 10.2. The minimum absolute atomic E-state index is 0.359. The highest BCUT2D eigenvalue weighted by Crippen LogP contribution is 2.19. The van der Waals surface area contributed by atoms with Gasteiger partial charge in [-0.2, -0.15) is 4.98 Å². The van der Waals surface area contributed by atoms with Crippen LogP contribution >= 0.6 is 11.6 Å². The van der Waals surface area contributed by atoms with E-state index in [1.54, 1.807) is 19.1 Å². The molecule has 6 nitrogen and oxygen atoms in total. The largest absolute Gasteiger partial charge is 0.465 e. The van der Waals surface area contributed by atoms with Crippen molar-refractivity contribution >= 4 is 23.3 Å². The number of benzene rings is 1. The molecule has 0 aliphatic carbocycles.